The first-order chi connectivity index (χ1) is 12.4. The van der Waals surface area contributed by atoms with Gasteiger partial charge in [-0.3, -0.25) is 4.98 Å². The van der Waals surface area contributed by atoms with E-state index in [0.29, 0.717) is 21.9 Å². The van der Waals surface area contributed by atoms with Gasteiger partial charge in [-0.25, -0.2) is 0 Å². The molecule has 0 aliphatic carbocycles. The van der Waals surface area contributed by atoms with Gasteiger partial charge in [0.15, 0.2) is 0 Å². The topological polar surface area (TPSA) is 65.5 Å². The first kappa shape index (κ1) is 19.5. The van der Waals surface area contributed by atoms with Crippen LogP contribution in [0.1, 0.15) is 25.1 Å². The summed E-state index contributed by atoms with van der Waals surface area (Å²) >= 11 is 5.85. The molecule has 2 heterocycles. The molecule has 0 atom stereocenters. The Kier molecular flexibility index (Phi) is 4.63. The number of hydrogen-bond acceptors (Lipinski definition) is 5. The molecule has 1 aromatic heterocycles. The van der Waals surface area contributed by atoms with Gasteiger partial charge in [0.05, 0.1) is 10.7 Å². The van der Waals surface area contributed by atoms with Crippen molar-refractivity contribution >= 4 is 27.3 Å². The molecule has 1 aliphatic heterocycles. The average Bonchev–Trinajstić information content (AvgIpc) is 2.52. The second-order valence-corrected chi connectivity index (χ2v) is 8.24. The van der Waals surface area contributed by atoms with Gasteiger partial charge >= 0.3 is 15.6 Å². The zero-order valence-electron chi connectivity index (χ0n) is 14.0. The lowest BCUT2D eigenvalue weighted by molar-refractivity contribution is -0.0500. The SMILES string of the molecule is CC1(C)C=C(c2ccc(Cl)cn2)c2ccc(OS(=O)(=O)C(F)(F)F)cc2O1. The van der Waals surface area contributed by atoms with E-state index in [-0.39, 0.29) is 5.75 Å². The minimum atomic E-state index is -5.77. The third-order valence-corrected chi connectivity index (χ3v) is 4.80. The van der Waals surface area contributed by atoms with Gasteiger partial charge in [0.2, 0.25) is 0 Å². The molecule has 0 fully saturated rings. The maximum atomic E-state index is 12.5. The van der Waals surface area contributed by atoms with Crippen LogP contribution in [0.3, 0.4) is 0 Å². The second kappa shape index (κ2) is 6.42. The number of halogens is 4. The maximum Gasteiger partial charge on any atom is 0.534 e. The minimum absolute atomic E-state index is 0.170. The summed E-state index contributed by atoms with van der Waals surface area (Å²) in [5.74, 6) is -0.337. The van der Waals surface area contributed by atoms with Crippen molar-refractivity contribution in [2.24, 2.45) is 0 Å². The van der Waals surface area contributed by atoms with Gasteiger partial charge in [-0.1, -0.05) is 11.6 Å². The van der Waals surface area contributed by atoms with Gasteiger partial charge < -0.3 is 8.92 Å². The summed E-state index contributed by atoms with van der Waals surface area (Å²) in [5, 5.41) is 0.451. The Hall–Kier alpha value is -2.26. The van der Waals surface area contributed by atoms with Crippen LogP contribution in [0.4, 0.5) is 13.2 Å². The number of hydrogen-bond donors (Lipinski definition) is 0. The molecule has 5 nitrogen and oxygen atoms in total. The maximum absolute atomic E-state index is 12.5. The molecular weight excluding hydrogens is 407 g/mol. The third kappa shape index (κ3) is 4.03. The van der Waals surface area contributed by atoms with Crippen molar-refractivity contribution in [2.45, 2.75) is 25.0 Å². The number of rotatable bonds is 3. The second-order valence-electron chi connectivity index (χ2n) is 6.27. The number of alkyl halides is 3. The van der Waals surface area contributed by atoms with Gasteiger partial charge in [-0.2, -0.15) is 21.6 Å². The molecule has 1 aromatic carbocycles. The first-order valence-electron chi connectivity index (χ1n) is 7.57. The number of fused-ring (bicyclic) bond motifs is 1. The summed E-state index contributed by atoms with van der Waals surface area (Å²) in [6.45, 7) is 3.48. The fourth-order valence-electron chi connectivity index (χ4n) is 2.52. The van der Waals surface area contributed by atoms with Gasteiger partial charge in [-0.15, -0.1) is 0 Å². The predicted molar refractivity (Wildman–Crippen MR) is 93.1 cm³/mol. The van der Waals surface area contributed by atoms with Crippen molar-refractivity contribution < 1.29 is 30.5 Å². The highest BCUT2D eigenvalue weighted by atomic mass is 35.5. The predicted octanol–water partition coefficient (Wildman–Crippen LogP) is 4.57. The van der Waals surface area contributed by atoms with Crippen molar-refractivity contribution in [3.05, 3.63) is 58.9 Å². The smallest absolute Gasteiger partial charge is 0.483 e. The molecule has 27 heavy (non-hydrogen) atoms. The summed E-state index contributed by atoms with van der Waals surface area (Å²) in [7, 11) is -5.77. The van der Waals surface area contributed by atoms with E-state index in [9.17, 15) is 21.6 Å². The molecule has 1 aliphatic rings. The van der Waals surface area contributed by atoms with Crippen LogP contribution in [0, 0.1) is 0 Å². The Balaban J connectivity index is 2.04. The number of benzene rings is 1. The highest BCUT2D eigenvalue weighted by Crippen LogP contribution is 2.41. The molecule has 0 saturated heterocycles. The molecule has 2 aromatic rings. The fraction of sp³-hybridized carbons (Fsp3) is 0.235. The molecule has 0 unspecified atom stereocenters. The van der Waals surface area contributed by atoms with Gasteiger partial charge in [0.1, 0.15) is 17.1 Å². The molecule has 0 radical (unpaired) electrons. The Bertz CT molecular complexity index is 1020. The Morgan fingerprint density at radius 2 is 1.89 bits per heavy atom. The highest BCUT2D eigenvalue weighted by molar-refractivity contribution is 7.88. The fourth-order valence-corrected chi connectivity index (χ4v) is 3.08. The van der Waals surface area contributed by atoms with Crippen molar-refractivity contribution in [1.29, 1.82) is 0 Å². The van der Waals surface area contributed by atoms with Gasteiger partial charge in [0, 0.05) is 23.4 Å². The molecule has 0 bridgehead atoms. The lowest BCUT2D eigenvalue weighted by atomic mass is 9.92. The van der Waals surface area contributed by atoms with Crippen LogP contribution in [0.5, 0.6) is 11.5 Å². The number of pyridine rings is 1. The first-order valence-corrected chi connectivity index (χ1v) is 9.36. The minimum Gasteiger partial charge on any atom is -0.483 e. The van der Waals surface area contributed by atoms with E-state index >= 15 is 0 Å². The zero-order valence-corrected chi connectivity index (χ0v) is 15.6. The van der Waals surface area contributed by atoms with E-state index in [2.05, 4.69) is 9.17 Å². The molecule has 0 spiro atoms. The molecule has 10 heteroatoms. The van der Waals surface area contributed by atoms with Crippen molar-refractivity contribution in [1.82, 2.24) is 4.98 Å². The van der Waals surface area contributed by atoms with E-state index in [0.717, 1.165) is 12.1 Å². The summed E-state index contributed by atoms with van der Waals surface area (Å²) in [6.07, 6.45) is 3.27. The normalized spacial score (nSPS) is 16.1. The summed E-state index contributed by atoms with van der Waals surface area (Å²) in [4.78, 5) is 4.25. The lowest BCUT2D eigenvalue weighted by Crippen LogP contribution is -2.30. The van der Waals surface area contributed by atoms with Gasteiger partial charge in [-0.05, 0) is 44.2 Å². The molecule has 144 valence electrons. The highest BCUT2D eigenvalue weighted by Gasteiger charge is 2.48. The van der Waals surface area contributed by atoms with Crippen LogP contribution in [-0.4, -0.2) is 24.5 Å². The van der Waals surface area contributed by atoms with Crippen LogP contribution in [-0.2, 0) is 10.1 Å². The standard InChI is InChI=1S/C17H13ClF3NO4S/c1-16(2)8-13(14-6-3-10(18)9-22-14)12-5-4-11(7-15(12)25-16)26-27(23,24)17(19,20)21/h3-9H,1-2H3. The van der Waals surface area contributed by atoms with E-state index in [1.54, 1.807) is 32.1 Å². The molecule has 0 N–H and O–H groups in total. The number of aromatic nitrogens is 1. The van der Waals surface area contributed by atoms with Gasteiger partial charge in [0.25, 0.3) is 0 Å². The van der Waals surface area contributed by atoms with Crippen LogP contribution >= 0.6 is 11.6 Å². The summed E-state index contributed by atoms with van der Waals surface area (Å²) in [5.41, 5.74) is -4.57. The average molecular weight is 420 g/mol. The lowest BCUT2D eigenvalue weighted by Gasteiger charge is -2.31. The number of ether oxygens (including phenoxy) is 1. The Morgan fingerprint density at radius 3 is 2.48 bits per heavy atom. The van der Waals surface area contributed by atoms with Crippen molar-refractivity contribution in [3.63, 3.8) is 0 Å². The molecular formula is C17H13ClF3NO4S. The van der Waals surface area contributed by atoms with Crippen molar-refractivity contribution in [2.75, 3.05) is 0 Å². The van der Waals surface area contributed by atoms with E-state index in [1.807, 2.05) is 0 Å². The molecule has 0 amide bonds. The van der Waals surface area contributed by atoms with E-state index in [1.165, 1.54) is 12.3 Å². The Morgan fingerprint density at radius 1 is 1.19 bits per heavy atom. The van der Waals surface area contributed by atoms with Crippen molar-refractivity contribution in [3.8, 4) is 11.5 Å². The van der Waals surface area contributed by atoms with E-state index in [4.69, 9.17) is 16.3 Å². The zero-order chi connectivity index (χ0) is 20.0. The van der Waals surface area contributed by atoms with Crippen LogP contribution in [0.25, 0.3) is 5.57 Å². The Labute approximate surface area is 158 Å². The van der Waals surface area contributed by atoms with Crippen LogP contribution < -0.4 is 8.92 Å². The summed E-state index contributed by atoms with van der Waals surface area (Å²) < 4.78 is 69.9. The molecule has 0 saturated carbocycles. The summed E-state index contributed by atoms with van der Waals surface area (Å²) in [6, 6.07) is 6.98. The molecule has 3 rings (SSSR count). The quantitative estimate of drug-likeness (QED) is 0.538. The van der Waals surface area contributed by atoms with Crippen LogP contribution in [0.15, 0.2) is 42.6 Å². The van der Waals surface area contributed by atoms with Crippen LogP contribution in [0.2, 0.25) is 5.02 Å². The van der Waals surface area contributed by atoms with E-state index < -0.39 is 27.0 Å². The largest absolute Gasteiger partial charge is 0.534 e. The third-order valence-electron chi connectivity index (χ3n) is 3.60. The number of nitrogens with zero attached hydrogens (tertiary/aromatic N) is 1. The monoisotopic (exact) mass is 419 g/mol.